The lowest BCUT2D eigenvalue weighted by Gasteiger charge is -2.23. The number of thioether (sulfide) groups is 1. The standard InChI is InChI=1S/C11H15F3O5S2/c12-9(11(13,14)21(16,17)18)3-4-19-10(15)7-5-6-1-2-8(7)20-6/h6-9H,1-5H2,(H,16,17,18)/p-1. The average molecular weight is 347 g/mol. The Morgan fingerprint density at radius 1 is 1.43 bits per heavy atom. The van der Waals surface area contributed by atoms with E-state index in [0.29, 0.717) is 11.7 Å². The van der Waals surface area contributed by atoms with Crippen molar-refractivity contribution in [2.45, 2.75) is 47.6 Å². The SMILES string of the molecule is O=C(OCCC(F)C(F)(F)S(=O)(=O)[O-])C1CC2CCC1S2. The number of carbonyl (C=O) groups is 1. The third-order valence-corrected chi connectivity index (χ3v) is 6.37. The first-order valence-electron chi connectivity index (χ1n) is 6.42. The zero-order valence-electron chi connectivity index (χ0n) is 10.8. The number of esters is 1. The minimum Gasteiger partial charge on any atom is -0.743 e. The molecule has 5 nitrogen and oxygen atoms in total. The summed E-state index contributed by atoms with van der Waals surface area (Å²) < 4.78 is 74.3. The zero-order valence-corrected chi connectivity index (χ0v) is 12.5. The van der Waals surface area contributed by atoms with E-state index in [1.807, 2.05) is 0 Å². The van der Waals surface area contributed by atoms with Crippen LogP contribution in [0.5, 0.6) is 0 Å². The minimum atomic E-state index is -6.08. The third-order valence-electron chi connectivity index (χ3n) is 3.72. The van der Waals surface area contributed by atoms with Crippen molar-refractivity contribution >= 4 is 27.8 Å². The second kappa shape index (κ2) is 5.96. The molecule has 2 rings (SSSR count). The molecule has 0 aromatic rings. The molecule has 21 heavy (non-hydrogen) atoms. The van der Waals surface area contributed by atoms with E-state index in [1.165, 1.54) is 0 Å². The quantitative estimate of drug-likeness (QED) is 0.537. The van der Waals surface area contributed by atoms with E-state index >= 15 is 0 Å². The molecule has 2 aliphatic rings. The number of hydrogen-bond acceptors (Lipinski definition) is 6. The Bertz CT molecular complexity index is 510. The maximum atomic E-state index is 13.1. The van der Waals surface area contributed by atoms with E-state index < -0.39 is 40.5 Å². The molecule has 0 radical (unpaired) electrons. The van der Waals surface area contributed by atoms with Gasteiger partial charge in [-0.05, 0) is 19.3 Å². The van der Waals surface area contributed by atoms with Gasteiger partial charge in [-0.2, -0.15) is 20.5 Å². The van der Waals surface area contributed by atoms with Gasteiger partial charge in [0.2, 0.25) is 0 Å². The second-order valence-electron chi connectivity index (χ2n) is 5.16. The van der Waals surface area contributed by atoms with Crippen LogP contribution in [0.15, 0.2) is 0 Å². The van der Waals surface area contributed by atoms with Crippen LogP contribution in [-0.4, -0.2) is 47.5 Å². The van der Waals surface area contributed by atoms with Gasteiger partial charge in [-0.15, -0.1) is 0 Å². The van der Waals surface area contributed by atoms with Crippen LogP contribution in [-0.2, 0) is 19.6 Å². The van der Waals surface area contributed by atoms with Gasteiger partial charge in [0.05, 0.1) is 12.5 Å². The molecule has 0 aliphatic carbocycles. The fourth-order valence-electron chi connectivity index (χ4n) is 2.58. The van der Waals surface area contributed by atoms with Crippen LogP contribution >= 0.6 is 11.8 Å². The summed E-state index contributed by atoms with van der Waals surface area (Å²) in [7, 11) is -6.08. The molecule has 2 fully saturated rings. The summed E-state index contributed by atoms with van der Waals surface area (Å²) >= 11 is 1.70. The summed E-state index contributed by atoms with van der Waals surface area (Å²) in [4.78, 5) is 11.7. The van der Waals surface area contributed by atoms with Gasteiger partial charge in [-0.3, -0.25) is 4.79 Å². The van der Waals surface area contributed by atoms with Gasteiger partial charge in [0.15, 0.2) is 16.3 Å². The molecule has 0 N–H and O–H groups in total. The van der Waals surface area contributed by atoms with Crippen LogP contribution in [0, 0.1) is 5.92 Å². The highest BCUT2D eigenvalue weighted by molar-refractivity contribution is 8.01. The highest BCUT2D eigenvalue weighted by Crippen LogP contribution is 2.49. The first-order chi connectivity index (χ1) is 9.63. The smallest absolute Gasteiger partial charge is 0.364 e. The molecule has 10 heteroatoms. The average Bonchev–Trinajstić information content (AvgIpc) is 2.99. The molecule has 122 valence electrons. The van der Waals surface area contributed by atoms with E-state index in [4.69, 9.17) is 4.74 Å². The van der Waals surface area contributed by atoms with Gasteiger partial charge in [0.25, 0.3) is 0 Å². The number of alkyl halides is 3. The fraction of sp³-hybridized carbons (Fsp3) is 0.909. The molecule has 0 saturated carbocycles. The molecule has 2 heterocycles. The van der Waals surface area contributed by atoms with Crippen LogP contribution < -0.4 is 0 Å². The first kappa shape index (κ1) is 16.9. The maximum absolute atomic E-state index is 13.1. The molecular weight excluding hydrogens is 333 g/mol. The Hall–Kier alpha value is -0.480. The highest BCUT2D eigenvalue weighted by Gasteiger charge is 2.48. The summed E-state index contributed by atoms with van der Waals surface area (Å²) in [6.45, 7) is -0.677. The number of rotatable bonds is 6. The van der Waals surface area contributed by atoms with Crippen molar-refractivity contribution in [1.82, 2.24) is 0 Å². The van der Waals surface area contributed by atoms with Crippen molar-refractivity contribution in [2.24, 2.45) is 5.92 Å². The van der Waals surface area contributed by atoms with Crippen LogP contribution in [0.25, 0.3) is 0 Å². The van der Waals surface area contributed by atoms with Crippen molar-refractivity contribution in [1.29, 1.82) is 0 Å². The van der Waals surface area contributed by atoms with Crippen molar-refractivity contribution < 1.29 is 35.7 Å². The maximum Gasteiger partial charge on any atom is 0.364 e. The predicted octanol–water partition coefficient (Wildman–Crippen LogP) is 1.68. The van der Waals surface area contributed by atoms with Crippen molar-refractivity contribution in [2.75, 3.05) is 6.61 Å². The van der Waals surface area contributed by atoms with Gasteiger partial charge in [-0.25, -0.2) is 12.8 Å². The lowest BCUT2D eigenvalue weighted by atomic mass is 9.89. The Balaban J connectivity index is 1.78. The largest absolute Gasteiger partial charge is 0.743 e. The van der Waals surface area contributed by atoms with Crippen LogP contribution in [0.1, 0.15) is 25.7 Å². The molecule has 2 aliphatic heterocycles. The van der Waals surface area contributed by atoms with Crippen molar-refractivity contribution in [3.05, 3.63) is 0 Å². The van der Waals surface area contributed by atoms with Gasteiger partial charge in [0, 0.05) is 16.9 Å². The molecule has 2 saturated heterocycles. The summed E-state index contributed by atoms with van der Waals surface area (Å²) in [5, 5.41) is -4.44. The monoisotopic (exact) mass is 347 g/mol. The summed E-state index contributed by atoms with van der Waals surface area (Å²) in [5.74, 6) is -0.884. The van der Waals surface area contributed by atoms with E-state index in [2.05, 4.69) is 0 Å². The predicted molar refractivity (Wildman–Crippen MR) is 67.6 cm³/mol. The number of fused-ring (bicyclic) bond motifs is 2. The Morgan fingerprint density at radius 3 is 2.57 bits per heavy atom. The number of hydrogen-bond donors (Lipinski definition) is 0. The Kier molecular flexibility index (Phi) is 4.79. The van der Waals surface area contributed by atoms with Crippen molar-refractivity contribution in [3.8, 4) is 0 Å². The molecule has 4 unspecified atom stereocenters. The van der Waals surface area contributed by atoms with E-state index in [0.717, 1.165) is 12.8 Å². The molecule has 0 amide bonds. The summed E-state index contributed by atoms with van der Waals surface area (Å²) in [6.07, 6.45) is -1.62. The van der Waals surface area contributed by atoms with Crippen molar-refractivity contribution in [3.63, 3.8) is 0 Å². The highest BCUT2D eigenvalue weighted by atomic mass is 32.2. The first-order valence-corrected chi connectivity index (χ1v) is 8.77. The van der Waals surface area contributed by atoms with E-state index in [-0.39, 0.29) is 11.2 Å². The second-order valence-corrected chi connectivity index (χ2v) is 8.15. The normalized spacial score (nSPS) is 30.4. The molecule has 0 aromatic carbocycles. The zero-order chi connectivity index (χ0) is 15.8. The fourth-order valence-corrected chi connectivity index (χ4v) is 4.78. The lowest BCUT2D eigenvalue weighted by Crippen LogP contribution is -2.39. The molecule has 4 atom stereocenters. The number of ether oxygens (including phenoxy) is 1. The van der Waals surface area contributed by atoms with E-state index in [9.17, 15) is 30.9 Å². The van der Waals surface area contributed by atoms with Gasteiger partial charge < -0.3 is 9.29 Å². The van der Waals surface area contributed by atoms with E-state index in [1.54, 1.807) is 11.8 Å². The molecule has 0 spiro atoms. The number of halogens is 3. The summed E-state index contributed by atoms with van der Waals surface area (Å²) in [5.41, 5.74) is 0. The van der Waals surface area contributed by atoms with Gasteiger partial charge in [0.1, 0.15) is 0 Å². The third kappa shape index (κ3) is 3.48. The summed E-state index contributed by atoms with van der Waals surface area (Å²) in [6, 6.07) is 0. The minimum absolute atomic E-state index is 0.159. The topological polar surface area (TPSA) is 83.5 Å². The molecule has 2 bridgehead atoms. The van der Waals surface area contributed by atoms with Crippen LogP contribution in [0.3, 0.4) is 0 Å². The van der Waals surface area contributed by atoms with Gasteiger partial charge in [-0.1, -0.05) is 0 Å². The van der Waals surface area contributed by atoms with Gasteiger partial charge >= 0.3 is 11.2 Å². The number of carbonyl (C=O) groups excluding carboxylic acids is 1. The Labute approximate surface area is 124 Å². The Morgan fingerprint density at radius 2 is 2.10 bits per heavy atom. The molecular formula is C11H14F3O5S2-. The van der Waals surface area contributed by atoms with Crippen LogP contribution in [0.4, 0.5) is 13.2 Å². The van der Waals surface area contributed by atoms with Crippen LogP contribution in [0.2, 0.25) is 0 Å². The molecule has 0 aromatic heterocycles. The lowest BCUT2D eigenvalue weighted by molar-refractivity contribution is -0.150.